The molecule has 0 amide bonds. The number of hydrogen-bond acceptors (Lipinski definition) is 6. The third kappa shape index (κ3) is 3.20. The first-order valence-corrected chi connectivity index (χ1v) is 5.65. The monoisotopic (exact) mass is 211 g/mol. The molecule has 13 heavy (non-hydrogen) atoms. The summed E-state index contributed by atoms with van der Waals surface area (Å²) < 4.78 is 31.4. The summed E-state index contributed by atoms with van der Waals surface area (Å²) in [5.74, 6) is -1.44. The molecule has 0 bridgehead atoms. The highest BCUT2D eigenvalue weighted by atomic mass is 32.2. The summed E-state index contributed by atoms with van der Waals surface area (Å²) in [7, 11) is -3.62. The predicted octanol–water partition coefficient (Wildman–Crippen LogP) is -1.73. The molecule has 1 fully saturated rings. The van der Waals surface area contributed by atoms with Crippen LogP contribution in [0.25, 0.3) is 0 Å². The standard InChI is InChI=1S/C6H13NO5S/c1-13(9,10)12-6(5-8)4-7-2-3-11-6/h7-8H,2-5H2,1H3. The molecule has 0 aromatic heterocycles. The quantitative estimate of drug-likeness (QED) is 0.540. The fourth-order valence-electron chi connectivity index (χ4n) is 1.10. The predicted molar refractivity (Wildman–Crippen MR) is 44.6 cm³/mol. The van der Waals surface area contributed by atoms with Crippen LogP contribution in [0.15, 0.2) is 0 Å². The molecule has 0 aliphatic carbocycles. The maximum absolute atomic E-state index is 10.8. The number of aliphatic hydroxyl groups excluding tert-OH is 1. The lowest BCUT2D eigenvalue weighted by molar-refractivity contribution is -0.212. The number of hydrogen-bond donors (Lipinski definition) is 2. The van der Waals surface area contributed by atoms with Crippen molar-refractivity contribution in [3.8, 4) is 0 Å². The van der Waals surface area contributed by atoms with Crippen LogP contribution in [0.3, 0.4) is 0 Å². The summed E-state index contributed by atoms with van der Waals surface area (Å²) in [5.41, 5.74) is 0. The van der Waals surface area contributed by atoms with Crippen LogP contribution in [-0.2, 0) is 19.0 Å². The summed E-state index contributed by atoms with van der Waals surface area (Å²) in [6.07, 6.45) is 0.919. The van der Waals surface area contributed by atoms with E-state index in [2.05, 4.69) is 9.50 Å². The van der Waals surface area contributed by atoms with Crippen molar-refractivity contribution in [1.29, 1.82) is 0 Å². The van der Waals surface area contributed by atoms with Gasteiger partial charge in [-0.05, 0) is 0 Å². The molecule has 1 heterocycles. The summed E-state index contributed by atoms with van der Waals surface area (Å²) in [5, 5.41) is 11.8. The van der Waals surface area contributed by atoms with Gasteiger partial charge in [0.1, 0.15) is 0 Å². The Morgan fingerprint density at radius 1 is 1.69 bits per heavy atom. The van der Waals surface area contributed by atoms with Crippen molar-refractivity contribution in [3.63, 3.8) is 0 Å². The van der Waals surface area contributed by atoms with Gasteiger partial charge < -0.3 is 15.2 Å². The van der Waals surface area contributed by atoms with E-state index in [0.29, 0.717) is 13.2 Å². The maximum Gasteiger partial charge on any atom is 0.267 e. The fourth-order valence-corrected chi connectivity index (χ4v) is 1.81. The van der Waals surface area contributed by atoms with Crippen molar-refractivity contribution in [3.05, 3.63) is 0 Å². The first kappa shape index (κ1) is 10.9. The molecule has 6 nitrogen and oxygen atoms in total. The van der Waals surface area contributed by atoms with E-state index in [-0.39, 0.29) is 6.54 Å². The number of morpholine rings is 1. The minimum atomic E-state index is -3.62. The van der Waals surface area contributed by atoms with E-state index in [1.54, 1.807) is 0 Å². The molecule has 1 aliphatic rings. The Bertz CT molecular complexity index is 256. The van der Waals surface area contributed by atoms with Gasteiger partial charge in [0.05, 0.1) is 26.0 Å². The van der Waals surface area contributed by atoms with Crippen LogP contribution in [0.4, 0.5) is 0 Å². The topological polar surface area (TPSA) is 84.9 Å². The maximum atomic E-state index is 10.8. The van der Waals surface area contributed by atoms with Crippen LogP contribution in [0.5, 0.6) is 0 Å². The van der Waals surface area contributed by atoms with Crippen molar-refractivity contribution >= 4 is 10.1 Å². The Hall–Kier alpha value is -0.210. The summed E-state index contributed by atoms with van der Waals surface area (Å²) >= 11 is 0. The number of ether oxygens (including phenoxy) is 1. The first-order valence-electron chi connectivity index (χ1n) is 3.84. The Balaban J connectivity index is 2.68. The summed E-state index contributed by atoms with van der Waals surface area (Å²) in [6, 6.07) is 0. The smallest absolute Gasteiger partial charge is 0.267 e. The SMILES string of the molecule is CS(=O)(=O)OC1(CO)CNCCO1. The number of aliphatic hydroxyl groups is 1. The molecule has 1 atom stereocenters. The highest BCUT2D eigenvalue weighted by Crippen LogP contribution is 2.16. The lowest BCUT2D eigenvalue weighted by atomic mass is 10.2. The van der Waals surface area contributed by atoms with Gasteiger partial charge in [-0.2, -0.15) is 8.42 Å². The van der Waals surface area contributed by atoms with Crippen molar-refractivity contribution < 1.29 is 22.4 Å². The van der Waals surface area contributed by atoms with Gasteiger partial charge in [0.15, 0.2) is 0 Å². The molecular weight excluding hydrogens is 198 g/mol. The molecule has 0 spiro atoms. The van der Waals surface area contributed by atoms with Crippen LogP contribution in [-0.4, -0.2) is 51.9 Å². The minimum Gasteiger partial charge on any atom is -0.391 e. The second-order valence-electron chi connectivity index (χ2n) is 2.88. The van der Waals surface area contributed by atoms with Gasteiger partial charge in [-0.25, -0.2) is 4.18 Å². The average Bonchev–Trinajstić information content (AvgIpc) is 2.03. The average molecular weight is 211 g/mol. The van der Waals surface area contributed by atoms with Gasteiger partial charge in [0, 0.05) is 6.54 Å². The normalized spacial score (nSPS) is 30.3. The molecule has 1 rings (SSSR count). The van der Waals surface area contributed by atoms with E-state index in [4.69, 9.17) is 9.84 Å². The molecule has 78 valence electrons. The van der Waals surface area contributed by atoms with Crippen LogP contribution in [0.2, 0.25) is 0 Å². The van der Waals surface area contributed by atoms with Gasteiger partial charge in [0.2, 0.25) is 5.79 Å². The highest BCUT2D eigenvalue weighted by Gasteiger charge is 2.37. The molecule has 0 saturated carbocycles. The lowest BCUT2D eigenvalue weighted by Gasteiger charge is -2.34. The van der Waals surface area contributed by atoms with Gasteiger partial charge >= 0.3 is 0 Å². The van der Waals surface area contributed by atoms with Gasteiger partial charge in [-0.3, -0.25) is 0 Å². The molecule has 0 aromatic carbocycles. The summed E-state index contributed by atoms with van der Waals surface area (Å²) in [6.45, 7) is 0.606. The van der Waals surface area contributed by atoms with Crippen molar-refractivity contribution in [2.24, 2.45) is 0 Å². The molecule has 0 radical (unpaired) electrons. The largest absolute Gasteiger partial charge is 0.391 e. The molecule has 2 N–H and O–H groups in total. The molecule has 0 aromatic rings. The van der Waals surface area contributed by atoms with Gasteiger partial charge in [0.25, 0.3) is 10.1 Å². The zero-order valence-corrected chi connectivity index (χ0v) is 8.13. The van der Waals surface area contributed by atoms with E-state index in [1.807, 2.05) is 0 Å². The Kier molecular flexibility index (Phi) is 3.25. The minimum absolute atomic E-state index is 0.163. The highest BCUT2D eigenvalue weighted by molar-refractivity contribution is 7.86. The first-order chi connectivity index (χ1) is 5.97. The zero-order chi connectivity index (χ0) is 9.95. The molecular formula is C6H13NO5S. The van der Waals surface area contributed by atoms with Crippen LogP contribution >= 0.6 is 0 Å². The third-order valence-electron chi connectivity index (χ3n) is 1.58. The lowest BCUT2D eigenvalue weighted by Crippen LogP contribution is -2.54. The Morgan fingerprint density at radius 2 is 2.38 bits per heavy atom. The van der Waals surface area contributed by atoms with Crippen LogP contribution in [0.1, 0.15) is 0 Å². The summed E-state index contributed by atoms with van der Waals surface area (Å²) in [4.78, 5) is 0. The Labute approximate surface area is 77.0 Å². The molecule has 1 saturated heterocycles. The molecule has 1 unspecified atom stereocenters. The van der Waals surface area contributed by atoms with Crippen molar-refractivity contribution in [2.75, 3.05) is 32.6 Å². The van der Waals surface area contributed by atoms with E-state index in [9.17, 15) is 8.42 Å². The van der Waals surface area contributed by atoms with Crippen LogP contribution < -0.4 is 5.32 Å². The third-order valence-corrected chi connectivity index (χ3v) is 2.19. The van der Waals surface area contributed by atoms with E-state index < -0.39 is 22.5 Å². The second-order valence-corrected chi connectivity index (χ2v) is 4.46. The number of nitrogens with one attached hydrogen (secondary N) is 1. The van der Waals surface area contributed by atoms with Crippen LogP contribution in [0, 0.1) is 0 Å². The van der Waals surface area contributed by atoms with Crippen molar-refractivity contribution in [2.45, 2.75) is 5.79 Å². The fraction of sp³-hybridized carbons (Fsp3) is 1.00. The van der Waals surface area contributed by atoms with E-state index >= 15 is 0 Å². The second kappa shape index (κ2) is 3.89. The van der Waals surface area contributed by atoms with Gasteiger partial charge in [-0.15, -0.1) is 0 Å². The van der Waals surface area contributed by atoms with Gasteiger partial charge in [-0.1, -0.05) is 0 Å². The molecule has 1 aliphatic heterocycles. The van der Waals surface area contributed by atoms with E-state index in [0.717, 1.165) is 6.26 Å². The zero-order valence-electron chi connectivity index (χ0n) is 7.32. The Morgan fingerprint density at radius 3 is 2.77 bits per heavy atom. The molecule has 7 heteroatoms. The van der Waals surface area contributed by atoms with Crippen molar-refractivity contribution in [1.82, 2.24) is 5.32 Å². The number of rotatable bonds is 3. The van der Waals surface area contributed by atoms with E-state index in [1.165, 1.54) is 0 Å².